The maximum atomic E-state index is 12.8. The highest BCUT2D eigenvalue weighted by molar-refractivity contribution is 14.0. The van der Waals surface area contributed by atoms with E-state index in [4.69, 9.17) is 4.74 Å². The number of piperazine rings is 1. The van der Waals surface area contributed by atoms with Crippen molar-refractivity contribution in [2.75, 3.05) is 52.9 Å². The van der Waals surface area contributed by atoms with Crippen molar-refractivity contribution in [3.05, 3.63) is 0 Å². The van der Waals surface area contributed by atoms with Gasteiger partial charge in [-0.1, -0.05) is 12.8 Å². The fourth-order valence-corrected chi connectivity index (χ4v) is 6.22. The first-order valence-corrected chi connectivity index (χ1v) is 12.2. The van der Waals surface area contributed by atoms with Crippen LogP contribution in [0.2, 0.25) is 0 Å². The van der Waals surface area contributed by atoms with Crippen LogP contribution in [0.25, 0.3) is 0 Å². The maximum Gasteiger partial charge on any atom is 0.239 e. The first-order valence-electron chi connectivity index (χ1n) is 12.2. The summed E-state index contributed by atoms with van der Waals surface area (Å²) in [7, 11) is 1.90. The summed E-state index contributed by atoms with van der Waals surface area (Å²) in [5, 5.41) is 3.81. The molecule has 3 atom stereocenters. The van der Waals surface area contributed by atoms with E-state index >= 15 is 0 Å². The standard InChI is InChI=1S/C23H41N5O2.HI/c1-4-30-20-17-19(23(20)9-5-6-10-23)25-22(24-3)28-15-13-26(14-16-28)18(2)21(29)27-11-7-8-12-27;/h18-20H,4-17H2,1-3H3,(H,24,25);1H. The molecule has 1 N–H and O–H groups in total. The van der Waals surface area contributed by atoms with Crippen LogP contribution in [0.4, 0.5) is 0 Å². The van der Waals surface area contributed by atoms with Gasteiger partial charge in [-0.3, -0.25) is 14.7 Å². The molecule has 0 aromatic heterocycles. The summed E-state index contributed by atoms with van der Waals surface area (Å²) in [4.78, 5) is 24.1. The highest BCUT2D eigenvalue weighted by Gasteiger charge is 2.57. The van der Waals surface area contributed by atoms with E-state index in [2.05, 4.69) is 34.0 Å². The van der Waals surface area contributed by atoms with E-state index in [1.165, 1.54) is 25.7 Å². The summed E-state index contributed by atoms with van der Waals surface area (Å²) in [6.07, 6.45) is 9.00. The Morgan fingerprint density at radius 2 is 1.71 bits per heavy atom. The molecule has 2 aliphatic heterocycles. The van der Waals surface area contributed by atoms with Crippen molar-refractivity contribution in [1.29, 1.82) is 0 Å². The number of halogens is 1. The predicted molar refractivity (Wildman–Crippen MR) is 135 cm³/mol. The summed E-state index contributed by atoms with van der Waals surface area (Å²) in [5.74, 6) is 1.34. The number of guanidine groups is 1. The van der Waals surface area contributed by atoms with Crippen LogP contribution < -0.4 is 5.32 Å². The molecule has 2 aliphatic carbocycles. The Balaban J connectivity index is 0.00000272. The lowest BCUT2D eigenvalue weighted by Gasteiger charge is -2.55. The molecule has 0 aromatic carbocycles. The van der Waals surface area contributed by atoms with E-state index in [0.29, 0.717) is 23.5 Å². The van der Waals surface area contributed by atoms with E-state index in [0.717, 1.165) is 71.1 Å². The van der Waals surface area contributed by atoms with Crippen molar-refractivity contribution >= 4 is 35.8 Å². The third kappa shape index (κ3) is 5.00. The van der Waals surface area contributed by atoms with E-state index in [1.807, 2.05) is 11.9 Å². The lowest BCUT2D eigenvalue weighted by Crippen LogP contribution is -2.66. The molecule has 31 heavy (non-hydrogen) atoms. The summed E-state index contributed by atoms with van der Waals surface area (Å²) in [6, 6.07) is 0.463. The minimum atomic E-state index is -0.0134. The number of nitrogens with zero attached hydrogens (tertiary/aromatic N) is 4. The first-order chi connectivity index (χ1) is 14.6. The van der Waals surface area contributed by atoms with E-state index in [-0.39, 0.29) is 30.0 Å². The summed E-state index contributed by atoms with van der Waals surface area (Å²) in [6.45, 7) is 10.5. The maximum absolute atomic E-state index is 12.8. The molecule has 4 fully saturated rings. The van der Waals surface area contributed by atoms with Gasteiger partial charge in [-0.2, -0.15) is 0 Å². The molecule has 4 rings (SSSR count). The van der Waals surface area contributed by atoms with Gasteiger partial charge in [0.05, 0.1) is 12.1 Å². The Bertz CT molecular complexity index is 625. The molecule has 0 aromatic rings. The zero-order chi connectivity index (χ0) is 21.1. The van der Waals surface area contributed by atoms with Gasteiger partial charge in [0.15, 0.2) is 5.96 Å². The van der Waals surface area contributed by atoms with Crippen molar-refractivity contribution < 1.29 is 9.53 Å². The highest BCUT2D eigenvalue weighted by Crippen LogP contribution is 2.54. The van der Waals surface area contributed by atoms with Crippen LogP contribution in [0.3, 0.4) is 0 Å². The molecular formula is C23H42IN5O2. The van der Waals surface area contributed by atoms with E-state index in [1.54, 1.807) is 0 Å². The largest absolute Gasteiger partial charge is 0.378 e. The van der Waals surface area contributed by atoms with Gasteiger partial charge in [0, 0.05) is 64.4 Å². The Hall–Kier alpha value is -0.610. The minimum Gasteiger partial charge on any atom is -0.378 e. The number of nitrogens with one attached hydrogen (secondary N) is 1. The molecule has 1 spiro atoms. The second-order valence-corrected chi connectivity index (χ2v) is 9.60. The number of hydrogen-bond acceptors (Lipinski definition) is 4. The Morgan fingerprint density at radius 3 is 2.29 bits per heavy atom. The minimum absolute atomic E-state index is 0. The number of likely N-dealkylation sites (tertiary alicyclic amines) is 1. The average molecular weight is 548 g/mol. The molecule has 1 amide bonds. The zero-order valence-electron chi connectivity index (χ0n) is 19.6. The number of carbonyl (C=O) groups excluding carboxylic acids is 1. The number of carbonyl (C=O) groups is 1. The molecule has 7 nitrogen and oxygen atoms in total. The Labute approximate surface area is 205 Å². The summed E-state index contributed by atoms with van der Waals surface area (Å²) >= 11 is 0. The molecule has 8 heteroatoms. The molecule has 0 bridgehead atoms. The van der Waals surface area contributed by atoms with Crippen LogP contribution in [-0.2, 0) is 9.53 Å². The van der Waals surface area contributed by atoms with Crippen molar-refractivity contribution in [1.82, 2.24) is 20.0 Å². The third-order valence-corrected chi connectivity index (χ3v) is 8.14. The summed E-state index contributed by atoms with van der Waals surface area (Å²) in [5.41, 5.74) is 0.310. The van der Waals surface area contributed by atoms with Gasteiger partial charge in [0.2, 0.25) is 5.91 Å². The topological polar surface area (TPSA) is 60.4 Å². The van der Waals surface area contributed by atoms with Crippen LogP contribution in [-0.4, -0.2) is 97.7 Å². The monoisotopic (exact) mass is 547 g/mol. The fourth-order valence-electron chi connectivity index (χ4n) is 6.22. The Morgan fingerprint density at radius 1 is 1.06 bits per heavy atom. The van der Waals surface area contributed by atoms with Gasteiger partial charge in [-0.15, -0.1) is 24.0 Å². The SMILES string of the molecule is CCOC1CC(NC(=NC)N2CCN(C(C)C(=O)N3CCCC3)CC2)C12CCCC2.I. The van der Waals surface area contributed by atoms with Crippen LogP contribution in [0, 0.1) is 5.41 Å². The number of ether oxygens (including phenoxy) is 1. The van der Waals surface area contributed by atoms with E-state index in [9.17, 15) is 4.79 Å². The average Bonchev–Trinajstić information content (AvgIpc) is 3.48. The van der Waals surface area contributed by atoms with Crippen LogP contribution >= 0.6 is 24.0 Å². The van der Waals surface area contributed by atoms with Crippen LogP contribution in [0.5, 0.6) is 0 Å². The molecule has 2 heterocycles. The lowest BCUT2D eigenvalue weighted by molar-refractivity contribution is -0.135. The van der Waals surface area contributed by atoms with Gasteiger partial charge in [0.1, 0.15) is 0 Å². The van der Waals surface area contributed by atoms with Crippen molar-refractivity contribution in [2.45, 2.75) is 77.0 Å². The van der Waals surface area contributed by atoms with Gasteiger partial charge in [-0.05, 0) is 46.0 Å². The van der Waals surface area contributed by atoms with Crippen molar-refractivity contribution in [2.24, 2.45) is 10.4 Å². The fraction of sp³-hybridized carbons (Fsp3) is 0.913. The van der Waals surface area contributed by atoms with Crippen LogP contribution in [0.15, 0.2) is 4.99 Å². The normalized spacial score (nSPS) is 29.6. The molecule has 4 aliphatic rings. The Kier molecular flexibility index (Phi) is 8.88. The molecule has 2 saturated carbocycles. The number of amides is 1. The molecule has 0 radical (unpaired) electrons. The van der Waals surface area contributed by atoms with Gasteiger partial charge >= 0.3 is 0 Å². The van der Waals surface area contributed by atoms with Gasteiger partial charge in [-0.25, -0.2) is 0 Å². The third-order valence-electron chi connectivity index (χ3n) is 8.14. The number of aliphatic imine (C=N–C) groups is 1. The number of rotatable bonds is 5. The van der Waals surface area contributed by atoms with Crippen molar-refractivity contribution in [3.63, 3.8) is 0 Å². The molecule has 3 unspecified atom stereocenters. The predicted octanol–water partition coefficient (Wildman–Crippen LogP) is 2.55. The lowest BCUT2D eigenvalue weighted by atomic mass is 9.60. The van der Waals surface area contributed by atoms with Gasteiger partial charge < -0.3 is 19.9 Å². The van der Waals surface area contributed by atoms with Crippen LogP contribution in [0.1, 0.15) is 58.8 Å². The molecule has 2 saturated heterocycles. The second kappa shape index (κ2) is 11.0. The quantitative estimate of drug-likeness (QED) is 0.326. The number of hydrogen-bond donors (Lipinski definition) is 1. The van der Waals surface area contributed by atoms with E-state index < -0.39 is 0 Å². The van der Waals surface area contributed by atoms with Gasteiger partial charge in [0.25, 0.3) is 0 Å². The highest BCUT2D eigenvalue weighted by atomic mass is 127. The first kappa shape index (κ1) is 25.0. The molecular weight excluding hydrogens is 505 g/mol. The van der Waals surface area contributed by atoms with Crippen molar-refractivity contribution in [3.8, 4) is 0 Å². The zero-order valence-corrected chi connectivity index (χ0v) is 22.0. The smallest absolute Gasteiger partial charge is 0.239 e. The second-order valence-electron chi connectivity index (χ2n) is 9.60. The molecule has 178 valence electrons. The summed E-state index contributed by atoms with van der Waals surface area (Å²) < 4.78 is 6.08.